The normalized spacial score (nSPS) is 33.0. The van der Waals surface area contributed by atoms with Gasteiger partial charge in [-0.05, 0) is 54.8 Å². The highest BCUT2D eigenvalue weighted by molar-refractivity contribution is 6.30. The van der Waals surface area contributed by atoms with Crippen LogP contribution in [0.25, 0.3) is 6.08 Å². The molecule has 2 saturated heterocycles. The number of phenolic OH excluding ortho intramolecular Hbond substituents is 1. The molecular weight excluding hydrogens is 631 g/mol. The molecule has 2 heterocycles. The van der Waals surface area contributed by atoms with Crippen molar-refractivity contribution >= 4 is 29.3 Å². The van der Waals surface area contributed by atoms with E-state index in [1.54, 1.807) is 31.2 Å². The van der Waals surface area contributed by atoms with Gasteiger partial charge in [-0.1, -0.05) is 41.9 Å². The van der Waals surface area contributed by atoms with Crippen LogP contribution in [0.5, 0.6) is 11.5 Å². The molecule has 15 heteroatoms. The third-order valence-electron chi connectivity index (χ3n) is 8.04. The Hall–Kier alpha value is -3.34. The van der Waals surface area contributed by atoms with Crippen molar-refractivity contribution in [1.82, 2.24) is 5.32 Å². The van der Waals surface area contributed by atoms with E-state index in [2.05, 4.69) is 10.5 Å². The standard InChI is InChI=1S/C31H36ClFN2O11/c1-3-18(35-44-12-16-5-4-6-17(32)10-16)27-23(37)21(33)31(46-27)45-20-8-7-15(11-19(20)36)9-14(2)30(41)34-22-24(38)26(40)29-28(25(22)39)42-13-43-29/h4-11,21-29,31,36-40H,3,12-13H2,1-2H3,(H,34,41)/b14-9+,35-18-/t21-,22+,23-,24-,25+,26+,27+,28-,29+,31+/m0/s1. The number of halogens is 2. The van der Waals surface area contributed by atoms with Crippen molar-refractivity contribution in [3.8, 4) is 11.5 Å². The first kappa shape index (κ1) is 34.0. The summed E-state index contributed by atoms with van der Waals surface area (Å²) in [5.74, 6) is -1.18. The fourth-order valence-corrected chi connectivity index (χ4v) is 5.73. The van der Waals surface area contributed by atoms with Crippen molar-refractivity contribution in [3.63, 3.8) is 0 Å². The van der Waals surface area contributed by atoms with Crippen molar-refractivity contribution in [1.29, 1.82) is 0 Å². The van der Waals surface area contributed by atoms with Crippen LogP contribution in [0.4, 0.5) is 4.39 Å². The molecule has 250 valence electrons. The molecule has 1 amide bonds. The summed E-state index contributed by atoms with van der Waals surface area (Å²) < 4.78 is 36.7. The number of hydrogen-bond acceptors (Lipinski definition) is 12. The third kappa shape index (κ3) is 7.29. The molecule has 0 aromatic heterocycles. The lowest BCUT2D eigenvalue weighted by Gasteiger charge is -2.41. The number of carbonyl (C=O) groups is 1. The number of amides is 1. The van der Waals surface area contributed by atoms with Crippen LogP contribution in [-0.4, -0.2) is 105 Å². The second-order valence-corrected chi connectivity index (χ2v) is 11.7. The van der Waals surface area contributed by atoms with E-state index < -0.39 is 72.9 Å². The summed E-state index contributed by atoms with van der Waals surface area (Å²) in [6, 6.07) is 9.87. The number of aliphatic hydroxyl groups excluding tert-OH is 4. The molecule has 5 rings (SSSR count). The number of carbonyl (C=O) groups excluding carboxylic acids is 1. The van der Waals surface area contributed by atoms with Crippen LogP contribution in [0.15, 0.2) is 53.2 Å². The van der Waals surface area contributed by atoms with Crippen LogP contribution in [0, 0.1) is 0 Å². The largest absolute Gasteiger partial charge is 0.504 e. The zero-order valence-corrected chi connectivity index (χ0v) is 25.7. The number of aromatic hydroxyl groups is 1. The lowest BCUT2D eigenvalue weighted by molar-refractivity contribution is -0.155. The molecule has 0 unspecified atom stereocenters. The monoisotopic (exact) mass is 666 g/mol. The van der Waals surface area contributed by atoms with Crippen molar-refractivity contribution < 1.29 is 58.5 Å². The minimum Gasteiger partial charge on any atom is -0.504 e. The lowest BCUT2D eigenvalue weighted by atomic mass is 9.83. The molecule has 1 saturated carbocycles. The zero-order valence-electron chi connectivity index (χ0n) is 24.9. The summed E-state index contributed by atoms with van der Waals surface area (Å²) in [7, 11) is 0. The number of aliphatic hydroxyl groups is 4. The molecule has 1 aliphatic carbocycles. The third-order valence-corrected chi connectivity index (χ3v) is 8.27. The molecule has 3 fully saturated rings. The number of alkyl halides is 1. The summed E-state index contributed by atoms with van der Waals surface area (Å²) in [4.78, 5) is 18.3. The highest BCUT2D eigenvalue weighted by Crippen LogP contribution is 2.34. The van der Waals surface area contributed by atoms with Gasteiger partial charge in [-0.25, -0.2) is 4.39 Å². The molecule has 0 bridgehead atoms. The highest BCUT2D eigenvalue weighted by atomic mass is 35.5. The average molecular weight is 667 g/mol. The van der Waals surface area contributed by atoms with Gasteiger partial charge in [0.25, 0.3) is 0 Å². The van der Waals surface area contributed by atoms with Gasteiger partial charge in [0.05, 0.1) is 11.8 Å². The second-order valence-electron chi connectivity index (χ2n) is 11.2. The summed E-state index contributed by atoms with van der Waals surface area (Å²) in [6.45, 7) is 3.16. The Bertz CT molecular complexity index is 1460. The predicted octanol–water partition coefficient (Wildman–Crippen LogP) is 1.56. The van der Waals surface area contributed by atoms with E-state index in [0.29, 0.717) is 17.0 Å². The van der Waals surface area contributed by atoms with Gasteiger partial charge in [0.2, 0.25) is 12.2 Å². The number of benzene rings is 2. The van der Waals surface area contributed by atoms with Crippen LogP contribution < -0.4 is 10.1 Å². The lowest BCUT2D eigenvalue weighted by Crippen LogP contribution is -2.67. The number of nitrogens with one attached hydrogen (secondary N) is 1. The number of rotatable bonds is 10. The molecule has 46 heavy (non-hydrogen) atoms. The minimum absolute atomic E-state index is 0.0978. The van der Waals surface area contributed by atoms with Crippen LogP contribution in [-0.2, 0) is 30.4 Å². The highest BCUT2D eigenvalue weighted by Gasteiger charge is 2.53. The maximum Gasteiger partial charge on any atom is 0.247 e. The van der Waals surface area contributed by atoms with E-state index in [1.165, 1.54) is 31.2 Å². The number of nitrogens with zero attached hydrogens (tertiary/aromatic N) is 1. The topological polar surface area (TPSA) is 189 Å². The zero-order chi connectivity index (χ0) is 33.1. The quantitative estimate of drug-likeness (QED) is 0.123. The van der Waals surface area contributed by atoms with Gasteiger partial charge in [-0.3, -0.25) is 4.79 Å². The van der Waals surface area contributed by atoms with Gasteiger partial charge in [0.15, 0.2) is 17.7 Å². The van der Waals surface area contributed by atoms with Crippen LogP contribution in [0.2, 0.25) is 5.02 Å². The molecule has 3 aliphatic rings. The van der Waals surface area contributed by atoms with E-state index in [-0.39, 0.29) is 30.4 Å². The summed E-state index contributed by atoms with van der Waals surface area (Å²) in [5, 5.41) is 59.6. The van der Waals surface area contributed by atoms with Crippen LogP contribution in [0.1, 0.15) is 31.4 Å². The van der Waals surface area contributed by atoms with Gasteiger partial charge in [0.1, 0.15) is 56.1 Å². The maximum atomic E-state index is 15.0. The van der Waals surface area contributed by atoms with Gasteiger partial charge >= 0.3 is 0 Å². The second kappa shape index (κ2) is 14.6. The number of fused-ring (bicyclic) bond motifs is 1. The Kier molecular flexibility index (Phi) is 10.8. The summed E-state index contributed by atoms with van der Waals surface area (Å²) in [5.41, 5.74) is 1.54. The SMILES string of the molecule is CC/C(=N/OCc1cccc(Cl)c1)[C@H]1O[C@@H](Oc2ccc(/C=C(\C)C(=O)N[C@@H]3[C@H](O)[C@@H](O)[C@H]4OCO[C@H]4[C@@H]3O)cc2O)[C@@H](F)[C@@H]1O. The smallest absolute Gasteiger partial charge is 0.247 e. The van der Waals surface area contributed by atoms with Gasteiger partial charge in [-0.15, -0.1) is 0 Å². The van der Waals surface area contributed by atoms with E-state index >= 15 is 4.39 Å². The van der Waals surface area contributed by atoms with Gasteiger partial charge < -0.3 is 54.6 Å². The van der Waals surface area contributed by atoms with E-state index in [9.17, 15) is 30.3 Å². The minimum atomic E-state index is -1.97. The summed E-state index contributed by atoms with van der Waals surface area (Å²) in [6.07, 6.45) is -10.7. The van der Waals surface area contributed by atoms with Gasteiger partial charge in [0, 0.05) is 10.6 Å². The first-order valence-corrected chi connectivity index (χ1v) is 15.0. The maximum absolute atomic E-state index is 15.0. The molecule has 2 aliphatic heterocycles. The fourth-order valence-electron chi connectivity index (χ4n) is 5.52. The van der Waals surface area contributed by atoms with E-state index in [1.807, 2.05) is 0 Å². The Morgan fingerprint density at radius 1 is 1.09 bits per heavy atom. The number of oxime groups is 1. The van der Waals surface area contributed by atoms with Crippen molar-refractivity contribution in [3.05, 3.63) is 64.2 Å². The number of ether oxygens (including phenoxy) is 4. The van der Waals surface area contributed by atoms with E-state index in [4.69, 9.17) is 35.4 Å². The Morgan fingerprint density at radius 2 is 1.83 bits per heavy atom. The molecule has 13 nitrogen and oxygen atoms in total. The van der Waals surface area contributed by atoms with Crippen molar-refractivity contribution in [2.24, 2.45) is 5.16 Å². The molecule has 0 spiro atoms. The van der Waals surface area contributed by atoms with Crippen LogP contribution >= 0.6 is 11.6 Å². The average Bonchev–Trinajstić information content (AvgIpc) is 3.63. The molecule has 2 aromatic rings. The summed E-state index contributed by atoms with van der Waals surface area (Å²) >= 11 is 5.98. The molecule has 0 radical (unpaired) electrons. The molecule has 2 aromatic carbocycles. The Labute approximate surface area is 268 Å². The van der Waals surface area contributed by atoms with Crippen molar-refractivity contribution in [2.45, 2.75) is 88.1 Å². The van der Waals surface area contributed by atoms with Gasteiger partial charge in [-0.2, -0.15) is 0 Å². The molecule has 10 atom stereocenters. The predicted molar refractivity (Wildman–Crippen MR) is 160 cm³/mol. The van der Waals surface area contributed by atoms with Crippen LogP contribution in [0.3, 0.4) is 0 Å². The number of phenols is 1. The number of hydrogen-bond donors (Lipinski definition) is 6. The first-order valence-electron chi connectivity index (χ1n) is 14.7. The van der Waals surface area contributed by atoms with Crippen molar-refractivity contribution in [2.75, 3.05) is 6.79 Å². The first-order chi connectivity index (χ1) is 22.0. The molecular formula is C31H36ClFN2O11. The fraction of sp³-hybridized carbons (Fsp3) is 0.484. The van der Waals surface area contributed by atoms with E-state index in [0.717, 1.165) is 5.56 Å². The Morgan fingerprint density at radius 3 is 2.52 bits per heavy atom. The molecule has 6 N–H and O–H groups in total. The Balaban J connectivity index is 1.19.